The molecule has 0 saturated carbocycles. The van der Waals surface area contributed by atoms with E-state index in [0.29, 0.717) is 13.0 Å². The van der Waals surface area contributed by atoms with Crippen LogP contribution in [0.5, 0.6) is 0 Å². The van der Waals surface area contributed by atoms with Crippen LogP contribution in [0, 0.1) is 0 Å². The molecule has 2 fully saturated rings. The van der Waals surface area contributed by atoms with Crippen molar-refractivity contribution in [3.05, 3.63) is 23.9 Å². The van der Waals surface area contributed by atoms with Gasteiger partial charge in [-0.15, -0.1) is 0 Å². The molecule has 1 N–H and O–H groups in total. The highest BCUT2D eigenvalue weighted by molar-refractivity contribution is 5.86. The number of likely N-dealkylation sites (tertiary alicyclic amines) is 2. The van der Waals surface area contributed by atoms with Crippen LogP contribution in [0.2, 0.25) is 0 Å². The van der Waals surface area contributed by atoms with E-state index in [1.807, 2.05) is 24.1 Å². The second-order valence-corrected chi connectivity index (χ2v) is 5.89. The molecule has 0 aliphatic carbocycles. The lowest BCUT2D eigenvalue weighted by molar-refractivity contribution is -0.139. The Kier molecular flexibility index (Phi) is 4.27. The van der Waals surface area contributed by atoms with Gasteiger partial charge < -0.3 is 15.1 Å². The number of pyridine rings is 1. The van der Waals surface area contributed by atoms with E-state index in [9.17, 15) is 9.59 Å². The Hall–Kier alpha value is -2.11. The highest BCUT2D eigenvalue weighted by atomic mass is 16.2. The maximum atomic E-state index is 12.6. The molecule has 2 saturated heterocycles. The third kappa shape index (κ3) is 2.91. The first kappa shape index (κ1) is 14.8. The lowest BCUT2D eigenvalue weighted by Gasteiger charge is -2.27. The van der Waals surface area contributed by atoms with Crippen molar-refractivity contribution in [3.63, 3.8) is 0 Å². The standard InChI is InChI=1S/C16H22N4O2/c1-17-14-10-12(6-7-18-14)13-4-2-9-20(13)16(22)11-19-8-3-5-15(19)21/h6-7,10,13H,2-5,8-9,11H2,1H3,(H,17,18). The molecule has 0 bridgehead atoms. The largest absolute Gasteiger partial charge is 0.373 e. The van der Waals surface area contributed by atoms with Gasteiger partial charge in [-0.1, -0.05) is 0 Å². The molecule has 1 aromatic rings. The highest BCUT2D eigenvalue weighted by Crippen LogP contribution is 2.32. The van der Waals surface area contributed by atoms with Gasteiger partial charge in [-0.2, -0.15) is 0 Å². The van der Waals surface area contributed by atoms with Crippen LogP contribution in [0.15, 0.2) is 18.3 Å². The van der Waals surface area contributed by atoms with Gasteiger partial charge in [0.25, 0.3) is 0 Å². The first-order chi connectivity index (χ1) is 10.7. The third-order valence-corrected chi connectivity index (χ3v) is 4.50. The molecular weight excluding hydrogens is 280 g/mol. The van der Waals surface area contributed by atoms with Crippen molar-refractivity contribution in [1.29, 1.82) is 0 Å². The van der Waals surface area contributed by atoms with Crippen LogP contribution in [0.3, 0.4) is 0 Å². The van der Waals surface area contributed by atoms with Crippen molar-refractivity contribution in [3.8, 4) is 0 Å². The van der Waals surface area contributed by atoms with Crippen molar-refractivity contribution in [2.45, 2.75) is 31.7 Å². The number of nitrogens with zero attached hydrogens (tertiary/aromatic N) is 3. The summed E-state index contributed by atoms with van der Waals surface area (Å²) in [5.41, 5.74) is 1.11. The minimum absolute atomic E-state index is 0.0561. The topological polar surface area (TPSA) is 65.5 Å². The predicted octanol–water partition coefficient (Wildman–Crippen LogP) is 1.41. The molecule has 3 heterocycles. The molecular formula is C16H22N4O2. The second-order valence-electron chi connectivity index (χ2n) is 5.89. The Morgan fingerprint density at radius 3 is 3.00 bits per heavy atom. The monoisotopic (exact) mass is 302 g/mol. The average molecular weight is 302 g/mol. The summed E-state index contributed by atoms with van der Waals surface area (Å²) in [4.78, 5) is 32.1. The molecule has 3 rings (SSSR count). The quantitative estimate of drug-likeness (QED) is 0.913. The number of hydrogen-bond donors (Lipinski definition) is 1. The van der Waals surface area contributed by atoms with E-state index in [0.717, 1.165) is 37.2 Å². The van der Waals surface area contributed by atoms with Gasteiger partial charge in [-0.05, 0) is 37.0 Å². The molecule has 6 heteroatoms. The van der Waals surface area contributed by atoms with Gasteiger partial charge in [0.1, 0.15) is 5.82 Å². The van der Waals surface area contributed by atoms with Gasteiger partial charge in [0.15, 0.2) is 0 Å². The van der Waals surface area contributed by atoms with Crippen LogP contribution in [-0.4, -0.2) is 53.3 Å². The lowest BCUT2D eigenvalue weighted by Crippen LogP contribution is -2.40. The normalized spacial score (nSPS) is 21.5. The Morgan fingerprint density at radius 2 is 2.27 bits per heavy atom. The lowest BCUT2D eigenvalue weighted by atomic mass is 10.1. The Morgan fingerprint density at radius 1 is 1.41 bits per heavy atom. The van der Waals surface area contributed by atoms with Crippen molar-refractivity contribution in [1.82, 2.24) is 14.8 Å². The molecule has 1 atom stereocenters. The fraction of sp³-hybridized carbons (Fsp3) is 0.562. The predicted molar refractivity (Wildman–Crippen MR) is 83.3 cm³/mol. The van der Waals surface area contributed by atoms with Crippen molar-refractivity contribution in [2.24, 2.45) is 0 Å². The molecule has 1 aromatic heterocycles. The van der Waals surface area contributed by atoms with E-state index in [-0.39, 0.29) is 24.4 Å². The summed E-state index contributed by atoms with van der Waals surface area (Å²) in [6.07, 6.45) is 5.18. The first-order valence-corrected chi connectivity index (χ1v) is 7.90. The summed E-state index contributed by atoms with van der Waals surface area (Å²) >= 11 is 0. The van der Waals surface area contributed by atoms with E-state index < -0.39 is 0 Å². The molecule has 2 amide bonds. The number of nitrogens with one attached hydrogen (secondary N) is 1. The van der Waals surface area contributed by atoms with Gasteiger partial charge in [0.2, 0.25) is 11.8 Å². The van der Waals surface area contributed by atoms with Gasteiger partial charge in [0.05, 0.1) is 12.6 Å². The molecule has 22 heavy (non-hydrogen) atoms. The minimum Gasteiger partial charge on any atom is -0.373 e. The second kappa shape index (κ2) is 6.34. The number of hydrogen-bond acceptors (Lipinski definition) is 4. The van der Waals surface area contributed by atoms with Crippen LogP contribution < -0.4 is 5.32 Å². The Bertz CT molecular complexity index is 575. The van der Waals surface area contributed by atoms with E-state index >= 15 is 0 Å². The van der Waals surface area contributed by atoms with Crippen LogP contribution in [0.4, 0.5) is 5.82 Å². The summed E-state index contributed by atoms with van der Waals surface area (Å²) < 4.78 is 0. The third-order valence-electron chi connectivity index (χ3n) is 4.50. The van der Waals surface area contributed by atoms with Crippen LogP contribution in [0.25, 0.3) is 0 Å². The number of rotatable bonds is 4. The molecule has 0 aromatic carbocycles. The summed E-state index contributed by atoms with van der Waals surface area (Å²) in [5.74, 6) is 0.970. The van der Waals surface area contributed by atoms with Crippen LogP contribution >= 0.6 is 0 Å². The maximum absolute atomic E-state index is 12.6. The number of amides is 2. The van der Waals surface area contributed by atoms with Crippen molar-refractivity contribution >= 4 is 17.6 Å². The SMILES string of the molecule is CNc1cc(C2CCCN2C(=O)CN2CCCC2=O)ccn1. The number of carbonyl (C=O) groups excluding carboxylic acids is 2. The zero-order chi connectivity index (χ0) is 15.5. The maximum Gasteiger partial charge on any atom is 0.242 e. The highest BCUT2D eigenvalue weighted by Gasteiger charge is 2.32. The molecule has 118 valence electrons. The molecule has 2 aliphatic heterocycles. The zero-order valence-corrected chi connectivity index (χ0v) is 12.9. The summed E-state index contributed by atoms with van der Waals surface area (Å²) in [6.45, 7) is 1.70. The Balaban J connectivity index is 1.72. The summed E-state index contributed by atoms with van der Waals surface area (Å²) in [6, 6.07) is 4.07. The Labute approximate surface area is 130 Å². The fourth-order valence-electron chi connectivity index (χ4n) is 3.33. The first-order valence-electron chi connectivity index (χ1n) is 7.90. The molecule has 2 aliphatic rings. The number of aromatic nitrogens is 1. The van der Waals surface area contributed by atoms with Crippen molar-refractivity contribution in [2.75, 3.05) is 32.0 Å². The molecule has 0 radical (unpaired) electrons. The van der Waals surface area contributed by atoms with Crippen molar-refractivity contribution < 1.29 is 9.59 Å². The summed E-state index contributed by atoms with van der Waals surface area (Å²) in [7, 11) is 1.84. The van der Waals surface area contributed by atoms with E-state index in [2.05, 4.69) is 10.3 Å². The molecule has 1 unspecified atom stereocenters. The molecule has 6 nitrogen and oxygen atoms in total. The molecule has 0 spiro atoms. The van der Waals surface area contributed by atoms with E-state index in [1.165, 1.54) is 0 Å². The van der Waals surface area contributed by atoms with Crippen LogP contribution in [0.1, 0.15) is 37.3 Å². The fourth-order valence-corrected chi connectivity index (χ4v) is 3.33. The smallest absolute Gasteiger partial charge is 0.242 e. The van der Waals surface area contributed by atoms with Gasteiger partial charge >= 0.3 is 0 Å². The number of anilines is 1. The van der Waals surface area contributed by atoms with E-state index in [4.69, 9.17) is 0 Å². The average Bonchev–Trinajstić information content (AvgIpc) is 3.17. The zero-order valence-electron chi connectivity index (χ0n) is 12.9. The minimum atomic E-state index is 0.0561. The van der Waals surface area contributed by atoms with Gasteiger partial charge in [-0.3, -0.25) is 9.59 Å². The van der Waals surface area contributed by atoms with Gasteiger partial charge in [-0.25, -0.2) is 4.98 Å². The summed E-state index contributed by atoms with van der Waals surface area (Å²) in [5, 5.41) is 3.03. The van der Waals surface area contributed by atoms with Crippen LogP contribution in [-0.2, 0) is 9.59 Å². The number of carbonyl (C=O) groups is 2. The van der Waals surface area contributed by atoms with E-state index in [1.54, 1.807) is 11.1 Å². The van der Waals surface area contributed by atoms with Gasteiger partial charge in [0, 0.05) is 32.8 Å².